The summed E-state index contributed by atoms with van der Waals surface area (Å²) in [5, 5.41) is 0. The van der Waals surface area contributed by atoms with Gasteiger partial charge in [0.25, 0.3) is 0 Å². The van der Waals surface area contributed by atoms with Gasteiger partial charge in [-0.15, -0.1) is 0 Å². The molecule has 4 rings (SSSR count). The molecule has 0 unspecified atom stereocenters. The highest BCUT2D eigenvalue weighted by Crippen LogP contribution is 2.29. The molecule has 4 aromatic rings. The van der Waals surface area contributed by atoms with Gasteiger partial charge in [0, 0.05) is 24.8 Å². The van der Waals surface area contributed by atoms with Gasteiger partial charge in [0.1, 0.15) is 11.5 Å². The first-order valence-electron chi connectivity index (χ1n) is 10.5. The summed E-state index contributed by atoms with van der Waals surface area (Å²) in [5.41, 5.74) is 1.51. The van der Waals surface area contributed by atoms with Crippen LogP contribution in [-0.4, -0.2) is 30.3 Å². The monoisotopic (exact) mass is 488 g/mol. The number of carbonyl (C=O) groups excluding carboxylic acids is 2. The summed E-state index contributed by atoms with van der Waals surface area (Å²) in [6.45, 7) is 3.30. The van der Waals surface area contributed by atoms with E-state index < -0.39 is 21.8 Å². The van der Waals surface area contributed by atoms with Gasteiger partial charge in [-0.2, -0.15) is 0 Å². The molecule has 0 N–H and O–H groups in total. The molecule has 0 saturated carbocycles. The fourth-order valence-corrected chi connectivity index (χ4v) is 4.66. The molecule has 0 bridgehead atoms. The minimum Gasteiger partial charge on any atom is -0.423 e. The summed E-state index contributed by atoms with van der Waals surface area (Å²) in [6.07, 6.45) is 5.86. The second kappa shape index (κ2) is 9.86. The maximum absolute atomic E-state index is 13.2. The van der Waals surface area contributed by atoms with E-state index in [1.807, 2.05) is 0 Å². The third kappa shape index (κ3) is 5.25. The topological polar surface area (TPSA) is 113 Å². The minimum absolute atomic E-state index is 0.0377. The molecule has 35 heavy (non-hydrogen) atoms. The molecule has 0 aliphatic carbocycles. The average molecular weight is 489 g/mol. The first kappa shape index (κ1) is 23.8. The molecular weight excluding hydrogens is 468 g/mol. The lowest BCUT2D eigenvalue weighted by Crippen LogP contribution is -2.11. The lowest BCUT2D eigenvalue weighted by molar-refractivity contribution is 0.0723. The van der Waals surface area contributed by atoms with Gasteiger partial charge in [-0.25, -0.2) is 18.0 Å². The number of benzene rings is 2. The number of sulfone groups is 1. The fourth-order valence-electron chi connectivity index (χ4n) is 3.23. The van der Waals surface area contributed by atoms with Crippen LogP contribution < -0.4 is 9.47 Å². The van der Waals surface area contributed by atoms with Crippen LogP contribution in [0.3, 0.4) is 0 Å². The van der Waals surface area contributed by atoms with Crippen molar-refractivity contribution in [1.29, 1.82) is 0 Å². The zero-order valence-electron chi connectivity index (χ0n) is 18.8. The van der Waals surface area contributed by atoms with Crippen molar-refractivity contribution in [3.8, 4) is 11.5 Å². The molecule has 0 fully saturated rings. The van der Waals surface area contributed by atoms with Gasteiger partial charge in [0.15, 0.2) is 0 Å². The number of rotatable bonds is 6. The number of hydrogen-bond donors (Lipinski definition) is 0. The van der Waals surface area contributed by atoms with Gasteiger partial charge in [0.05, 0.1) is 20.9 Å². The Balaban J connectivity index is 1.54. The molecule has 0 radical (unpaired) electrons. The number of carbonyl (C=O) groups is 2. The predicted molar refractivity (Wildman–Crippen MR) is 126 cm³/mol. The van der Waals surface area contributed by atoms with E-state index in [9.17, 15) is 18.0 Å². The molecular formula is C26H20N2O6S. The van der Waals surface area contributed by atoms with Crippen molar-refractivity contribution in [3.05, 3.63) is 108 Å². The summed E-state index contributed by atoms with van der Waals surface area (Å²) in [5.74, 6) is -0.703. The highest BCUT2D eigenvalue weighted by molar-refractivity contribution is 7.91. The van der Waals surface area contributed by atoms with Crippen molar-refractivity contribution in [1.82, 2.24) is 9.97 Å². The molecule has 8 nitrogen and oxygen atoms in total. The lowest BCUT2D eigenvalue weighted by Gasteiger charge is -2.12. The Morgan fingerprint density at radius 1 is 0.686 bits per heavy atom. The number of ether oxygens (including phenoxy) is 2. The summed E-state index contributed by atoms with van der Waals surface area (Å²) in [6, 6.07) is 14.9. The molecule has 0 saturated heterocycles. The van der Waals surface area contributed by atoms with E-state index in [0.717, 1.165) is 0 Å². The number of esters is 2. The van der Waals surface area contributed by atoms with Crippen LogP contribution in [0, 0.1) is 13.8 Å². The summed E-state index contributed by atoms with van der Waals surface area (Å²) >= 11 is 0. The summed E-state index contributed by atoms with van der Waals surface area (Å²) < 4.78 is 37.2. The van der Waals surface area contributed by atoms with Gasteiger partial charge in [0.2, 0.25) is 9.84 Å². The van der Waals surface area contributed by atoms with Crippen molar-refractivity contribution >= 4 is 21.8 Å². The summed E-state index contributed by atoms with van der Waals surface area (Å²) in [7, 11) is -3.88. The molecule has 0 spiro atoms. The van der Waals surface area contributed by atoms with E-state index in [4.69, 9.17) is 9.47 Å². The molecule has 2 aromatic carbocycles. The van der Waals surface area contributed by atoms with Gasteiger partial charge in [-0.05, 0) is 85.6 Å². The van der Waals surface area contributed by atoms with E-state index in [-0.39, 0.29) is 32.4 Å². The van der Waals surface area contributed by atoms with Crippen LogP contribution in [0.2, 0.25) is 0 Å². The van der Waals surface area contributed by atoms with Gasteiger partial charge >= 0.3 is 11.9 Å². The smallest absolute Gasteiger partial charge is 0.345 e. The van der Waals surface area contributed by atoms with E-state index >= 15 is 0 Å². The first-order valence-corrected chi connectivity index (χ1v) is 11.9. The Morgan fingerprint density at radius 2 is 1.11 bits per heavy atom. The maximum Gasteiger partial charge on any atom is 0.345 e. The predicted octanol–water partition coefficient (Wildman–Crippen LogP) is 4.36. The van der Waals surface area contributed by atoms with Gasteiger partial charge in [-0.1, -0.05) is 0 Å². The zero-order valence-corrected chi connectivity index (χ0v) is 19.7. The number of hydrogen-bond acceptors (Lipinski definition) is 8. The Bertz CT molecular complexity index is 1390. The van der Waals surface area contributed by atoms with Crippen molar-refractivity contribution in [2.75, 3.05) is 0 Å². The third-order valence-electron chi connectivity index (χ3n) is 5.11. The van der Waals surface area contributed by atoms with Crippen LogP contribution in [-0.2, 0) is 9.84 Å². The highest BCUT2D eigenvalue weighted by atomic mass is 32.2. The number of aryl methyl sites for hydroxylation is 2. The van der Waals surface area contributed by atoms with Crippen molar-refractivity contribution in [3.63, 3.8) is 0 Å². The molecule has 2 aromatic heterocycles. The Labute approximate surface area is 202 Å². The molecule has 0 amide bonds. The Hall–Kier alpha value is -4.37. The highest BCUT2D eigenvalue weighted by Gasteiger charge is 2.21. The summed E-state index contributed by atoms with van der Waals surface area (Å²) in [4.78, 5) is 32.4. The van der Waals surface area contributed by atoms with Crippen LogP contribution in [0.25, 0.3) is 0 Å². The number of pyridine rings is 2. The lowest BCUT2D eigenvalue weighted by atomic mass is 10.2. The first-order chi connectivity index (χ1) is 16.8. The number of aromatic nitrogens is 2. The molecule has 0 aliphatic rings. The maximum atomic E-state index is 13.2. The standard InChI is InChI=1S/C26H20N2O6S/c1-17-13-21(7-9-23(17)33-25(29)19-5-3-11-27-15-19)35(31,32)22-8-10-24(18(2)14-22)34-26(30)20-6-4-12-28-16-20/h3-16H,1-2H3. The minimum atomic E-state index is -3.88. The Morgan fingerprint density at radius 3 is 1.46 bits per heavy atom. The molecule has 9 heteroatoms. The number of nitrogens with zero attached hydrogens (tertiary/aromatic N) is 2. The largest absolute Gasteiger partial charge is 0.423 e. The van der Waals surface area contributed by atoms with Crippen molar-refractivity contribution in [2.45, 2.75) is 23.6 Å². The Kier molecular flexibility index (Phi) is 6.70. The molecule has 0 aliphatic heterocycles. The van der Waals surface area contributed by atoms with Crippen LogP contribution in [0.4, 0.5) is 0 Å². The van der Waals surface area contributed by atoms with Crippen molar-refractivity contribution in [2.24, 2.45) is 0 Å². The van der Waals surface area contributed by atoms with Crippen molar-refractivity contribution < 1.29 is 27.5 Å². The second-order valence-corrected chi connectivity index (χ2v) is 9.57. The third-order valence-corrected chi connectivity index (χ3v) is 6.86. The molecule has 176 valence electrons. The van der Waals surface area contributed by atoms with E-state index in [1.165, 1.54) is 48.8 Å². The van der Waals surface area contributed by atoms with Gasteiger partial charge < -0.3 is 9.47 Å². The van der Waals surface area contributed by atoms with E-state index in [1.54, 1.807) is 50.5 Å². The van der Waals surface area contributed by atoms with Crippen LogP contribution >= 0.6 is 0 Å². The van der Waals surface area contributed by atoms with Gasteiger partial charge in [-0.3, -0.25) is 9.97 Å². The quantitative estimate of drug-likeness (QED) is 0.291. The van der Waals surface area contributed by atoms with E-state index in [0.29, 0.717) is 11.1 Å². The molecule has 2 heterocycles. The zero-order chi connectivity index (χ0) is 25.0. The normalized spacial score (nSPS) is 11.0. The van der Waals surface area contributed by atoms with Crippen LogP contribution in [0.15, 0.2) is 95.2 Å². The average Bonchev–Trinajstić information content (AvgIpc) is 2.87. The van der Waals surface area contributed by atoms with E-state index in [2.05, 4.69) is 9.97 Å². The van der Waals surface area contributed by atoms with Crippen LogP contribution in [0.5, 0.6) is 11.5 Å². The van der Waals surface area contributed by atoms with Crippen LogP contribution in [0.1, 0.15) is 31.8 Å². The fraction of sp³-hybridized carbons (Fsp3) is 0.0769. The molecule has 0 atom stereocenters. The second-order valence-electron chi connectivity index (χ2n) is 7.62. The SMILES string of the molecule is Cc1cc(S(=O)(=O)c2ccc(OC(=O)c3cccnc3)c(C)c2)ccc1OC(=O)c1cccnc1.